The summed E-state index contributed by atoms with van der Waals surface area (Å²) >= 11 is 0. The van der Waals surface area contributed by atoms with Crippen LogP contribution in [0.4, 0.5) is 5.95 Å². The minimum absolute atomic E-state index is 0.265. The molecule has 166 valence electrons. The second-order valence-electron chi connectivity index (χ2n) is 7.45. The normalized spacial score (nSPS) is 12.8. The molecule has 0 radical (unpaired) electrons. The molecule has 2 aromatic rings. The van der Waals surface area contributed by atoms with Crippen molar-refractivity contribution in [1.29, 1.82) is 10.8 Å². The van der Waals surface area contributed by atoms with Crippen LogP contribution in [0.3, 0.4) is 0 Å². The lowest BCUT2D eigenvalue weighted by Crippen LogP contribution is -2.27. The molecule has 8 nitrogen and oxygen atoms in total. The molecule has 2 rings (SSSR count). The van der Waals surface area contributed by atoms with Crippen LogP contribution in [0, 0.1) is 16.7 Å². The van der Waals surface area contributed by atoms with E-state index in [9.17, 15) is 0 Å². The van der Waals surface area contributed by atoms with Crippen molar-refractivity contribution in [2.45, 2.75) is 52.4 Å². The summed E-state index contributed by atoms with van der Waals surface area (Å²) in [7, 11) is 1.65. The molecule has 31 heavy (non-hydrogen) atoms. The van der Waals surface area contributed by atoms with Gasteiger partial charge in [0.2, 0.25) is 5.95 Å². The third-order valence-electron chi connectivity index (χ3n) is 5.21. The van der Waals surface area contributed by atoms with E-state index in [1.807, 2.05) is 6.07 Å². The van der Waals surface area contributed by atoms with Gasteiger partial charge in [-0.15, -0.1) is 0 Å². The zero-order chi connectivity index (χ0) is 22.6. The summed E-state index contributed by atoms with van der Waals surface area (Å²) < 4.78 is 1.64. The van der Waals surface area contributed by atoms with E-state index in [0.717, 1.165) is 18.4 Å². The Hall–Kier alpha value is -3.29. The lowest BCUT2D eigenvalue weighted by molar-refractivity contribution is 0.454. The largest absolute Gasteiger partial charge is 0.404 e. The molecule has 0 spiro atoms. The van der Waals surface area contributed by atoms with Gasteiger partial charge in [-0.1, -0.05) is 46.0 Å². The van der Waals surface area contributed by atoms with Crippen LogP contribution in [0.25, 0.3) is 11.3 Å². The average molecular weight is 423 g/mol. The lowest BCUT2D eigenvalue weighted by Gasteiger charge is -2.17. The molecule has 0 saturated heterocycles. The molecule has 5 N–H and O–H groups in total. The zero-order valence-electron chi connectivity index (χ0n) is 18.7. The summed E-state index contributed by atoms with van der Waals surface area (Å²) in [5, 5.41) is 19.9. The molecule has 0 amide bonds. The molecule has 1 atom stereocenters. The van der Waals surface area contributed by atoms with Gasteiger partial charge < -0.3 is 11.1 Å². The summed E-state index contributed by atoms with van der Waals surface area (Å²) in [4.78, 5) is 12.8. The van der Waals surface area contributed by atoms with E-state index < -0.39 is 0 Å². The Balaban J connectivity index is 2.16. The molecule has 0 aromatic carbocycles. The van der Waals surface area contributed by atoms with E-state index in [1.165, 1.54) is 25.5 Å². The molecule has 1 unspecified atom stereocenters. The Bertz CT molecular complexity index is 974. The summed E-state index contributed by atoms with van der Waals surface area (Å²) in [5.41, 5.74) is 7.16. The van der Waals surface area contributed by atoms with Gasteiger partial charge in [0.05, 0.1) is 5.69 Å². The fourth-order valence-electron chi connectivity index (χ4n) is 3.36. The van der Waals surface area contributed by atoms with Crippen molar-refractivity contribution in [3.8, 4) is 11.3 Å². The number of rotatable bonds is 10. The van der Waals surface area contributed by atoms with Crippen LogP contribution in [-0.4, -0.2) is 33.3 Å². The van der Waals surface area contributed by atoms with Crippen molar-refractivity contribution >= 4 is 17.6 Å². The number of hydrogen-bond donors (Lipinski definition) is 4. The van der Waals surface area contributed by atoms with Crippen molar-refractivity contribution in [2.75, 3.05) is 12.4 Å². The molecule has 0 aliphatic rings. The number of aliphatic imine (C=N–C) groups is 1. The van der Waals surface area contributed by atoms with Crippen molar-refractivity contribution in [1.82, 2.24) is 14.5 Å². The van der Waals surface area contributed by atoms with Crippen LogP contribution in [0.5, 0.6) is 0 Å². The van der Waals surface area contributed by atoms with Crippen molar-refractivity contribution in [3.63, 3.8) is 0 Å². The van der Waals surface area contributed by atoms with E-state index in [4.69, 9.17) is 16.6 Å². The van der Waals surface area contributed by atoms with E-state index >= 15 is 0 Å². The minimum atomic E-state index is 0.265. The topological polar surface area (TPSA) is 129 Å². The molecule has 0 aliphatic heterocycles. The maximum atomic E-state index is 8.51. The number of amidine groups is 1. The molecular weight excluding hydrogens is 388 g/mol. The monoisotopic (exact) mass is 422 g/mol. The van der Waals surface area contributed by atoms with E-state index in [0.29, 0.717) is 35.7 Å². The second-order valence-corrected chi connectivity index (χ2v) is 7.45. The van der Waals surface area contributed by atoms with E-state index in [-0.39, 0.29) is 5.49 Å². The minimum Gasteiger partial charge on any atom is -0.404 e. The number of pyridine rings is 1. The van der Waals surface area contributed by atoms with E-state index in [2.05, 4.69) is 34.1 Å². The molecule has 2 heterocycles. The number of nitrogens with one attached hydrogen (secondary N) is 3. The Labute approximate surface area is 184 Å². The highest BCUT2D eigenvalue weighted by Crippen LogP contribution is 2.19. The van der Waals surface area contributed by atoms with Gasteiger partial charge in [0.15, 0.2) is 0 Å². The van der Waals surface area contributed by atoms with Crippen molar-refractivity contribution in [2.24, 2.45) is 16.6 Å². The van der Waals surface area contributed by atoms with Gasteiger partial charge in [0, 0.05) is 31.4 Å². The van der Waals surface area contributed by atoms with Crippen LogP contribution >= 0.6 is 0 Å². The number of anilines is 1. The van der Waals surface area contributed by atoms with Gasteiger partial charge in [0.1, 0.15) is 17.2 Å². The summed E-state index contributed by atoms with van der Waals surface area (Å²) in [5.74, 6) is 1.88. The first-order valence-corrected chi connectivity index (χ1v) is 10.8. The van der Waals surface area contributed by atoms with Gasteiger partial charge in [-0.2, -0.15) is 0 Å². The predicted octanol–water partition coefficient (Wildman–Crippen LogP) is 4.16. The van der Waals surface area contributed by atoms with Crippen LogP contribution in [0.1, 0.15) is 52.4 Å². The molecule has 0 aliphatic carbocycles. The molecule has 2 aromatic heterocycles. The van der Waals surface area contributed by atoms with Crippen LogP contribution in [-0.2, 0) is 0 Å². The number of hydrogen-bond acceptors (Lipinski definition) is 6. The maximum Gasteiger partial charge on any atom is 0.228 e. The Kier molecular flexibility index (Phi) is 9.61. The average Bonchev–Trinajstić information content (AvgIpc) is 2.78. The Morgan fingerprint density at radius 1 is 1.32 bits per heavy atom. The zero-order valence-corrected chi connectivity index (χ0v) is 18.7. The van der Waals surface area contributed by atoms with Crippen LogP contribution in [0.2, 0.25) is 0 Å². The fraction of sp³-hybridized carbons (Fsp3) is 0.435. The first kappa shape index (κ1) is 24.0. The second kappa shape index (κ2) is 12.4. The fourth-order valence-corrected chi connectivity index (χ4v) is 3.36. The van der Waals surface area contributed by atoms with Gasteiger partial charge in [0.25, 0.3) is 0 Å². The van der Waals surface area contributed by atoms with Gasteiger partial charge in [-0.3, -0.25) is 20.4 Å². The number of unbranched alkanes of at least 4 members (excludes halogenated alkanes) is 2. The summed E-state index contributed by atoms with van der Waals surface area (Å²) in [6.45, 7) is 4.38. The highest BCUT2D eigenvalue weighted by molar-refractivity contribution is 6.02. The summed E-state index contributed by atoms with van der Waals surface area (Å²) in [6, 6.07) is 5.40. The first-order chi connectivity index (χ1) is 15.0. The molecule has 0 fully saturated rings. The van der Waals surface area contributed by atoms with Crippen molar-refractivity contribution < 1.29 is 0 Å². The van der Waals surface area contributed by atoms with Gasteiger partial charge in [-0.25, -0.2) is 9.97 Å². The Morgan fingerprint density at radius 3 is 2.77 bits per heavy atom. The number of nitrogens with zero attached hydrogens (tertiary/aromatic N) is 4. The SMILES string of the molecule is CCCCCC(CC)CC(=N)n1ccc(-c2ccnc(NC(C=CN)=NC)n2)cc1=N. The third-order valence-corrected chi connectivity index (χ3v) is 5.21. The summed E-state index contributed by atoms with van der Waals surface area (Å²) in [6.07, 6.45) is 13.0. The first-order valence-electron chi connectivity index (χ1n) is 10.8. The lowest BCUT2D eigenvalue weighted by atomic mass is 9.94. The predicted molar refractivity (Wildman–Crippen MR) is 127 cm³/mol. The maximum absolute atomic E-state index is 8.51. The number of aromatic nitrogens is 3. The molecule has 0 saturated carbocycles. The standard InChI is InChI=1S/C23H34N8/c1-4-6-7-8-17(5-2)15-20(25)31-14-11-18(16-21(31)26)19-10-13-28-23(29-19)30-22(27-3)9-12-24/h9-14,16-17,25-26H,4-8,15,24H2,1-3H3,(H,27,28,29,30). The molecular formula is C23H34N8. The quantitative estimate of drug-likeness (QED) is 0.260. The molecule has 0 bridgehead atoms. The highest BCUT2D eigenvalue weighted by atomic mass is 15.1. The van der Waals surface area contributed by atoms with E-state index in [1.54, 1.807) is 42.2 Å². The Morgan fingerprint density at radius 2 is 2.13 bits per heavy atom. The number of nitrogens with two attached hydrogens (primary N) is 1. The van der Waals surface area contributed by atoms with Gasteiger partial charge >= 0.3 is 0 Å². The van der Waals surface area contributed by atoms with Crippen LogP contribution < -0.4 is 16.5 Å². The smallest absolute Gasteiger partial charge is 0.228 e. The highest BCUT2D eigenvalue weighted by Gasteiger charge is 2.12. The van der Waals surface area contributed by atoms with Crippen molar-refractivity contribution in [3.05, 3.63) is 48.4 Å². The van der Waals surface area contributed by atoms with Crippen LogP contribution in [0.15, 0.2) is 47.9 Å². The van der Waals surface area contributed by atoms with Gasteiger partial charge in [-0.05, 0) is 36.4 Å². The molecule has 8 heteroatoms. The third kappa shape index (κ3) is 7.16.